The van der Waals surface area contributed by atoms with Crippen LogP contribution in [0.4, 0.5) is 4.39 Å². The van der Waals surface area contributed by atoms with Crippen molar-refractivity contribution < 1.29 is 4.39 Å². The standard InChI is InChI=1S/C12H11FN4/c13-11-6-2-4-9-8(3-1-5-10(9)11)7-16-17-12(14)15/h1-7H,(H4,14,15,17). The summed E-state index contributed by atoms with van der Waals surface area (Å²) >= 11 is 0. The van der Waals surface area contributed by atoms with Crippen LogP contribution in [0.15, 0.2) is 46.6 Å². The number of hydrogen-bond donors (Lipinski definition) is 2. The molecule has 2 aromatic carbocycles. The zero-order valence-corrected chi connectivity index (χ0v) is 8.97. The van der Waals surface area contributed by atoms with Gasteiger partial charge in [0.05, 0.1) is 6.21 Å². The lowest BCUT2D eigenvalue weighted by Crippen LogP contribution is -2.21. The van der Waals surface area contributed by atoms with Crippen molar-refractivity contribution in [1.29, 1.82) is 0 Å². The fourth-order valence-electron chi connectivity index (χ4n) is 1.57. The lowest BCUT2D eigenvalue weighted by molar-refractivity contribution is 0.640. The van der Waals surface area contributed by atoms with E-state index in [-0.39, 0.29) is 11.8 Å². The second-order valence-electron chi connectivity index (χ2n) is 3.45. The average Bonchev–Trinajstić information content (AvgIpc) is 2.30. The number of rotatable bonds is 2. The average molecular weight is 230 g/mol. The second kappa shape index (κ2) is 4.61. The van der Waals surface area contributed by atoms with Crippen molar-refractivity contribution in [3.8, 4) is 0 Å². The summed E-state index contributed by atoms with van der Waals surface area (Å²) < 4.78 is 13.5. The molecule has 0 aliphatic carbocycles. The zero-order valence-electron chi connectivity index (χ0n) is 8.97. The van der Waals surface area contributed by atoms with E-state index in [4.69, 9.17) is 11.5 Å². The third-order valence-electron chi connectivity index (χ3n) is 2.27. The number of fused-ring (bicyclic) bond motifs is 1. The Bertz CT molecular complexity index is 600. The van der Waals surface area contributed by atoms with Crippen molar-refractivity contribution in [1.82, 2.24) is 0 Å². The van der Waals surface area contributed by atoms with Gasteiger partial charge in [-0.1, -0.05) is 30.3 Å². The van der Waals surface area contributed by atoms with Gasteiger partial charge in [0, 0.05) is 10.9 Å². The van der Waals surface area contributed by atoms with Gasteiger partial charge in [-0.25, -0.2) is 4.39 Å². The Hall–Kier alpha value is -2.43. The maximum Gasteiger partial charge on any atom is 0.211 e. The van der Waals surface area contributed by atoms with Gasteiger partial charge in [-0.2, -0.15) is 5.10 Å². The first kappa shape index (κ1) is 11.1. The molecule has 0 aromatic heterocycles. The van der Waals surface area contributed by atoms with Crippen LogP contribution in [0.3, 0.4) is 0 Å². The quantitative estimate of drug-likeness (QED) is 0.467. The molecule has 86 valence electrons. The van der Waals surface area contributed by atoms with E-state index in [9.17, 15) is 4.39 Å². The molecule has 0 radical (unpaired) electrons. The maximum atomic E-state index is 13.5. The van der Waals surface area contributed by atoms with Crippen LogP contribution in [0, 0.1) is 5.82 Å². The minimum atomic E-state index is -0.264. The molecule has 0 heterocycles. The van der Waals surface area contributed by atoms with Crippen molar-refractivity contribution in [3.63, 3.8) is 0 Å². The van der Waals surface area contributed by atoms with E-state index in [0.717, 1.165) is 10.9 Å². The fraction of sp³-hybridized carbons (Fsp3) is 0. The maximum absolute atomic E-state index is 13.5. The Morgan fingerprint density at radius 1 is 1.06 bits per heavy atom. The van der Waals surface area contributed by atoms with Gasteiger partial charge in [0.2, 0.25) is 5.96 Å². The van der Waals surface area contributed by atoms with E-state index in [1.165, 1.54) is 12.3 Å². The molecule has 0 saturated heterocycles. The molecule has 0 atom stereocenters. The van der Waals surface area contributed by atoms with Gasteiger partial charge in [0.1, 0.15) is 5.82 Å². The second-order valence-corrected chi connectivity index (χ2v) is 3.45. The molecule has 0 aliphatic rings. The highest BCUT2D eigenvalue weighted by molar-refractivity contribution is 6.00. The zero-order chi connectivity index (χ0) is 12.3. The summed E-state index contributed by atoms with van der Waals surface area (Å²) in [7, 11) is 0. The molecule has 0 spiro atoms. The van der Waals surface area contributed by atoms with Crippen molar-refractivity contribution >= 4 is 22.9 Å². The number of halogens is 1. The number of hydrogen-bond acceptors (Lipinski definition) is 2. The topological polar surface area (TPSA) is 76.8 Å². The van der Waals surface area contributed by atoms with E-state index < -0.39 is 0 Å². The highest BCUT2D eigenvalue weighted by Gasteiger charge is 2.02. The molecule has 0 saturated carbocycles. The largest absolute Gasteiger partial charge is 0.369 e. The Morgan fingerprint density at radius 3 is 2.53 bits per heavy atom. The fourth-order valence-corrected chi connectivity index (χ4v) is 1.57. The first-order valence-corrected chi connectivity index (χ1v) is 4.97. The van der Waals surface area contributed by atoms with Crippen LogP contribution in [-0.2, 0) is 0 Å². The molecular formula is C12H11FN4. The molecule has 0 unspecified atom stereocenters. The molecule has 0 amide bonds. The van der Waals surface area contributed by atoms with Crippen LogP contribution in [0.2, 0.25) is 0 Å². The minimum absolute atomic E-state index is 0.118. The minimum Gasteiger partial charge on any atom is -0.369 e. The Balaban J connectivity index is 2.52. The Morgan fingerprint density at radius 2 is 1.76 bits per heavy atom. The molecule has 0 aliphatic heterocycles. The molecule has 2 rings (SSSR count). The summed E-state index contributed by atoms with van der Waals surface area (Å²) in [5.74, 6) is -0.382. The summed E-state index contributed by atoms with van der Waals surface area (Å²) in [4.78, 5) is 0. The number of nitrogens with two attached hydrogens (primary N) is 2. The van der Waals surface area contributed by atoms with E-state index in [0.29, 0.717) is 5.39 Å². The van der Waals surface area contributed by atoms with Gasteiger partial charge in [0.25, 0.3) is 0 Å². The van der Waals surface area contributed by atoms with Crippen LogP contribution in [0.25, 0.3) is 10.8 Å². The van der Waals surface area contributed by atoms with E-state index in [1.54, 1.807) is 18.2 Å². The molecule has 5 heteroatoms. The third-order valence-corrected chi connectivity index (χ3v) is 2.27. The SMILES string of the molecule is NC(N)=NN=Cc1cccc2c(F)cccc12. The molecule has 4 nitrogen and oxygen atoms in total. The van der Waals surface area contributed by atoms with Crippen LogP contribution in [0.5, 0.6) is 0 Å². The monoisotopic (exact) mass is 230 g/mol. The summed E-state index contributed by atoms with van der Waals surface area (Å²) in [5, 5.41) is 8.52. The normalized spacial score (nSPS) is 10.9. The van der Waals surface area contributed by atoms with Gasteiger partial charge in [-0.15, -0.1) is 5.10 Å². The van der Waals surface area contributed by atoms with Gasteiger partial charge < -0.3 is 11.5 Å². The summed E-state index contributed by atoms with van der Waals surface area (Å²) in [5.41, 5.74) is 11.1. The van der Waals surface area contributed by atoms with Gasteiger partial charge >= 0.3 is 0 Å². The van der Waals surface area contributed by atoms with Crippen LogP contribution >= 0.6 is 0 Å². The van der Waals surface area contributed by atoms with Crippen molar-refractivity contribution in [2.75, 3.05) is 0 Å². The van der Waals surface area contributed by atoms with Crippen molar-refractivity contribution in [3.05, 3.63) is 47.8 Å². The molecule has 0 bridgehead atoms. The first-order valence-electron chi connectivity index (χ1n) is 4.97. The summed E-state index contributed by atoms with van der Waals surface area (Å²) in [6, 6.07) is 10.2. The predicted octanol–water partition coefficient (Wildman–Crippen LogP) is 1.59. The molecular weight excluding hydrogens is 219 g/mol. The number of benzene rings is 2. The smallest absolute Gasteiger partial charge is 0.211 e. The molecule has 4 N–H and O–H groups in total. The van der Waals surface area contributed by atoms with Crippen LogP contribution in [0.1, 0.15) is 5.56 Å². The lowest BCUT2D eigenvalue weighted by atomic mass is 10.1. The van der Waals surface area contributed by atoms with E-state index in [2.05, 4.69) is 10.2 Å². The third kappa shape index (κ3) is 2.39. The van der Waals surface area contributed by atoms with Gasteiger partial charge in [0.15, 0.2) is 0 Å². The van der Waals surface area contributed by atoms with Crippen LogP contribution < -0.4 is 11.5 Å². The molecule has 2 aromatic rings. The number of guanidine groups is 1. The lowest BCUT2D eigenvalue weighted by Gasteiger charge is -2.01. The summed E-state index contributed by atoms with van der Waals surface area (Å²) in [6.07, 6.45) is 1.49. The molecule has 17 heavy (non-hydrogen) atoms. The number of nitrogens with zero attached hydrogens (tertiary/aromatic N) is 2. The highest BCUT2D eigenvalue weighted by atomic mass is 19.1. The van der Waals surface area contributed by atoms with Crippen molar-refractivity contribution in [2.24, 2.45) is 21.7 Å². The van der Waals surface area contributed by atoms with E-state index in [1.807, 2.05) is 12.1 Å². The highest BCUT2D eigenvalue weighted by Crippen LogP contribution is 2.20. The van der Waals surface area contributed by atoms with Gasteiger partial charge in [-0.3, -0.25) is 0 Å². The van der Waals surface area contributed by atoms with E-state index >= 15 is 0 Å². The van der Waals surface area contributed by atoms with Gasteiger partial charge in [-0.05, 0) is 11.5 Å². The Kier molecular flexibility index (Phi) is 3.00. The summed E-state index contributed by atoms with van der Waals surface area (Å²) in [6.45, 7) is 0. The predicted molar refractivity (Wildman–Crippen MR) is 67.3 cm³/mol. The van der Waals surface area contributed by atoms with Crippen LogP contribution in [-0.4, -0.2) is 12.2 Å². The first-order chi connectivity index (χ1) is 8.18. The molecule has 0 fully saturated rings. The Labute approximate surface area is 97.4 Å². The van der Waals surface area contributed by atoms with Crippen molar-refractivity contribution in [2.45, 2.75) is 0 Å².